The van der Waals surface area contributed by atoms with Crippen LogP contribution in [-0.4, -0.2) is 23.3 Å². The molecule has 1 saturated heterocycles. The first-order chi connectivity index (χ1) is 7.50. The number of β-amino-alcohol motifs (C(OH)–C–C–N with tert-alkyl or cyclic N) is 1. The largest absolute Gasteiger partial charge is 0.391 e. The van der Waals surface area contributed by atoms with E-state index in [-0.39, 0.29) is 11.6 Å². The van der Waals surface area contributed by atoms with Crippen LogP contribution in [0.15, 0.2) is 24.3 Å². The van der Waals surface area contributed by atoms with Crippen molar-refractivity contribution in [1.82, 2.24) is 0 Å². The van der Waals surface area contributed by atoms with Crippen molar-refractivity contribution in [1.29, 1.82) is 0 Å². The van der Waals surface area contributed by atoms with Gasteiger partial charge in [0.1, 0.15) is 0 Å². The first-order valence-electron chi connectivity index (χ1n) is 5.71. The summed E-state index contributed by atoms with van der Waals surface area (Å²) in [6.07, 6.45) is 1.61. The van der Waals surface area contributed by atoms with Crippen molar-refractivity contribution in [3.05, 3.63) is 29.3 Å². The van der Waals surface area contributed by atoms with Crippen LogP contribution in [0.4, 0.5) is 5.69 Å². The van der Waals surface area contributed by atoms with Gasteiger partial charge in [0.2, 0.25) is 0 Å². The van der Waals surface area contributed by atoms with Gasteiger partial charge in [0, 0.05) is 12.1 Å². The third kappa shape index (κ3) is 2.18. The Labute approximate surface area is 102 Å². The molecule has 1 heterocycles. The van der Waals surface area contributed by atoms with Crippen LogP contribution in [0.5, 0.6) is 0 Å². The maximum atomic E-state index is 9.78. The number of aliphatic hydroxyl groups excluding tert-OH is 1. The topological polar surface area (TPSA) is 23.5 Å². The van der Waals surface area contributed by atoms with Gasteiger partial charge in [-0.2, -0.15) is 0 Å². The summed E-state index contributed by atoms with van der Waals surface area (Å²) < 4.78 is 0. The van der Waals surface area contributed by atoms with Crippen LogP contribution in [0.2, 0.25) is 5.02 Å². The first-order valence-corrected chi connectivity index (χ1v) is 6.09. The Balaban J connectivity index is 2.34. The lowest BCUT2D eigenvalue weighted by Gasteiger charge is -2.46. The molecule has 2 nitrogen and oxygen atoms in total. The Morgan fingerprint density at radius 1 is 1.38 bits per heavy atom. The minimum Gasteiger partial charge on any atom is -0.391 e. The SMILES string of the molecule is CC1(C)CCC(O)CN1c1ccccc1Cl. The highest BCUT2D eigenvalue weighted by atomic mass is 35.5. The van der Waals surface area contributed by atoms with Crippen LogP contribution in [0, 0.1) is 0 Å². The van der Waals surface area contributed by atoms with E-state index >= 15 is 0 Å². The second-order valence-corrected chi connectivity index (χ2v) is 5.47. The van der Waals surface area contributed by atoms with Gasteiger partial charge in [-0.15, -0.1) is 0 Å². The van der Waals surface area contributed by atoms with E-state index in [1.807, 2.05) is 24.3 Å². The van der Waals surface area contributed by atoms with Crippen LogP contribution in [-0.2, 0) is 0 Å². The molecule has 88 valence electrons. The van der Waals surface area contributed by atoms with E-state index in [0.29, 0.717) is 6.54 Å². The summed E-state index contributed by atoms with van der Waals surface area (Å²) in [5.41, 5.74) is 1.08. The summed E-state index contributed by atoms with van der Waals surface area (Å²) >= 11 is 6.21. The molecule has 0 spiro atoms. The van der Waals surface area contributed by atoms with Crippen molar-refractivity contribution in [3.8, 4) is 0 Å². The number of para-hydroxylation sites is 1. The normalized spacial score (nSPS) is 24.5. The average Bonchev–Trinajstić information content (AvgIpc) is 2.23. The highest BCUT2D eigenvalue weighted by Crippen LogP contribution is 2.36. The van der Waals surface area contributed by atoms with Gasteiger partial charge in [-0.3, -0.25) is 0 Å². The van der Waals surface area contributed by atoms with Crippen molar-refractivity contribution in [3.63, 3.8) is 0 Å². The fourth-order valence-corrected chi connectivity index (χ4v) is 2.54. The van der Waals surface area contributed by atoms with Crippen molar-refractivity contribution in [2.24, 2.45) is 0 Å². The van der Waals surface area contributed by atoms with Gasteiger partial charge in [-0.25, -0.2) is 0 Å². The minimum absolute atomic E-state index is 0.0597. The molecule has 3 heteroatoms. The molecule has 1 unspecified atom stereocenters. The lowest BCUT2D eigenvalue weighted by molar-refractivity contribution is 0.126. The molecule has 0 amide bonds. The molecule has 2 rings (SSSR count). The van der Waals surface area contributed by atoms with E-state index in [1.54, 1.807) is 0 Å². The van der Waals surface area contributed by atoms with E-state index in [2.05, 4.69) is 18.7 Å². The molecule has 0 radical (unpaired) electrons. The number of halogens is 1. The standard InChI is InChI=1S/C13H18ClNO/c1-13(2)8-7-10(16)9-15(13)12-6-4-3-5-11(12)14/h3-6,10,16H,7-9H2,1-2H3. The summed E-state index contributed by atoms with van der Waals surface area (Å²) in [5, 5.41) is 10.5. The number of piperidine rings is 1. The third-order valence-electron chi connectivity index (χ3n) is 3.36. The zero-order chi connectivity index (χ0) is 11.8. The van der Waals surface area contributed by atoms with Crippen molar-refractivity contribution in [2.75, 3.05) is 11.4 Å². The predicted molar refractivity (Wildman–Crippen MR) is 68.1 cm³/mol. The quantitative estimate of drug-likeness (QED) is 0.814. The molecule has 1 atom stereocenters. The lowest BCUT2D eigenvalue weighted by atomic mass is 9.88. The number of hydrogen-bond acceptors (Lipinski definition) is 2. The number of rotatable bonds is 1. The maximum Gasteiger partial charge on any atom is 0.0716 e. The maximum absolute atomic E-state index is 9.78. The van der Waals surface area contributed by atoms with Crippen LogP contribution in [0.1, 0.15) is 26.7 Å². The van der Waals surface area contributed by atoms with Gasteiger partial charge in [-0.1, -0.05) is 23.7 Å². The van der Waals surface area contributed by atoms with Gasteiger partial charge in [-0.05, 0) is 38.8 Å². The summed E-state index contributed by atoms with van der Waals surface area (Å²) in [4.78, 5) is 2.21. The number of hydrogen-bond donors (Lipinski definition) is 1. The van der Waals surface area contributed by atoms with Gasteiger partial charge in [0.15, 0.2) is 0 Å². The summed E-state index contributed by atoms with van der Waals surface area (Å²) in [7, 11) is 0. The smallest absolute Gasteiger partial charge is 0.0716 e. The summed E-state index contributed by atoms with van der Waals surface area (Å²) in [6, 6.07) is 7.83. The molecule has 16 heavy (non-hydrogen) atoms. The zero-order valence-corrected chi connectivity index (χ0v) is 10.5. The molecular weight excluding hydrogens is 222 g/mol. The van der Waals surface area contributed by atoms with Gasteiger partial charge < -0.3 is 10.0 Å². The number of benzene rings is 1. The van der Waals surface area contributed by atoms with Gasteiger partial charge in [0.05, 0.1) is 16.8 Å². The van der Waals surface area contributed by atoms with Crippen LogP contribution in [0.3, 0.4) is 0 Å². The number of nitrogens with zero attached hydrogens (tertiary/aromatic N) is 1. The van der Waals surface area contributed by atoms with E-state index < -0.39 is 0 Å². The van der Waals surface area contributed by atoms with E-state index in [1.165, 1.54) is 0 Å². The minimum atomic E-state index is -0.246. The van der Waals surface area contributed by atoms with Gasteiger partial charge in [0.25, 0.3) is 0 Å². The molecule has 1 aliphatic heterocycles. The van der Waals surface area contributed by atoms with Crippen LogP contribution >= 0.6 is 11.6 Å². The highest BCUT2D eigenvalue weighted by molar-refractivity contribution is 6.33. The molecule has 0 aromatic heterocycles. The van der Waals surface area contributed by atoms with E-state index in [4.69, 9.17) is 11.6 Å². The Kier molecular flexibility index (Phi) is 3.13. The number of anilines is 1. The van der Waals surface area contributed by atoms with Crippen LogP contribution in [0.25, 0.3) is 0 Å². The Morgan fingerprint density at radius 2 is 2.06 bits per heavy atom. The Hall–Kier alpha value is -0.730. The fourth-order valence-electron chi connectivity index (χ4n) is 2.30. The van der Waals surface area contributed by atoms with E-state index in [9.17, 15) is 5.11 Å². The van der Waals surface area contributed by atoms with Gasteiger partial charge >= 0.3 is 0 Å². The molecule has 0 bridgehead atoms. The number of aliphatic hydroxyl groups is 1. The third-order valence-corrected chi connectivity index (χ3v) is 3.68. The monoisotopic (exact) mass is 239 g/mol. The Bertz CT molecular complexity index is 378. The highest BCUT2D eigenvalue weighted by Gasteiger charge is 2.34. The average molecular weight is 240 g/mol. The summed E-state index contributed by atoms with van der Waals surface area (Å²) in [6.45, 7) is 5.06. The second-order valence-electron chi connectivity index (χ2n) is 5.07. The second kappa shape index (κ2) is 4.27. The zero-order valence-electron chi connectivity index (χ0n) is 9.78. The first kappa shape index (κ1) is 11.7. The summed E-state index contributed by atoms with van der Waals surface area (Å²) in [5.74, 6) is 0. The van der Waals surface area contributed by atoms with Crippen molar-refractivity contribution < 1.29 is 5.11 Å². The van der Waals surface area contributed by atoms with Crippen LogP contribution < -0.4 is 4.90 Å². The molecule has 0 aliphatic carbocycles. The molecule has 1 aromatic rings. The molecule has 1 aliphatic rings. The molecular formula is C13H18ClNO. The molecule has 1 N–H and O–H groups in total. The van der Waals surface area contributed by atoms with Crippen molar-refractivity contribution in [2.45, 2.75) is 38.3 Å². The van der Waals surface area contributed by atoms with Crippen molar-refractivity contribution >= 4 is 17.3 Å². The molecule has 1 aromatic carbocycles. The predicted octanol–water partition coefficient (Wildman–Crippen LogP) is 3.08. The molecule has 1 fully saturated rings. The molecule has 0 saturated carbocycles. The van der Waals surface area contributed by atoms with E-state index in [0.717, 1.165) is 23.6 Å². The Morgan fingerprint density at radius 3 is 2.75 bits per heavy atom. The lowest BCUT2D eigenvalue weighted by Crippen LogP contribution is -2.52. The fraction of sp³-hybridized carbons (Fsp3) is 0.538.